The summed E-state index contributed by atoms with van der Waals surface area (Å²) in [6, 6.07) is 19.6. The number of anilines is 1. The number of pyridine rings is 1. The maximum absolute atomic E-state index is 13.6. The van der Waals surface area contributed by atoms with Gasteiger partial charge in [-0.2, -0.15) is 0 Å². The third-order valence-electron chi connectivity index (χ3n) is 6.32. The van der Waals surface area contributed by atoms with Gasteiger partial charge in [0, 0.05) is 25.8 Å². The van der Waals surface area contributed by atoms with Crippen LogP contribution in [0.1, 0.15) is 24.0 Å². The van der Waals surface area contributed by atoms with Crippen LogP contribution in [0.25, 0.3) is 11.2 Å². The van der Waals surface area contributed by atoms with Crippen molar-refractivity contribution in [3.63, 3.8) is 0 Å². The van der Waals surface area contributed by atoms with E-state index in [4.69, 9.17) is 0 Å². The lowest BCUT2D eigenvalue weighted by molar-refractivity contribution is -0.125. The molecule has 0 bridgehead atoms. The van der Waals surface area contributed by atoms with Crippen LogP contribution in [0.5, 0.6) is 0 Å². The lowest BCUT2D eigenvalue weighted by atomic mass is 9.97. The topological polar surface area (TPSA) is 80.1 Å². The number of nitrogens with zero attached hydrogens (tertiary/aromatic N) is 4. The van der Waals surface area contributed by atoms with Crippen LogP contribution >= 0.6 is 0 Å². The van der Waals surface area contributed by atoms with Crippen LogP contribution < -0.4 is 15.8 Å². The Morgan fingerprint density at radius 1 is 1.06 bits per heavy atom. The summed E-state index contributed by atoms with van der Waals surface area (Å²) >= 11 is 0. The van der Waals surface area contributed by atoms with E-state index in [0.29, 0.717) is 42.2 Å². The fraction of sp³-hybridized carbons (Fsp3) is 0.259. The number of fused-ring (bicyclic) bond motifs is 1. The van der Waals surface area contributed by atoms with E-state index < -0.39 is 0 Å². The number of nitrogens with one attached hydrogen (secondary N) is 1. The summed E-state index contributed by atoms with van der Waals surface area (Å²) in [7, 11) is 0. The van der Waals surface area contributed by atoms with E-state index in [-0.39, 0.29) is 29.7 Å². The maximum Gasteiger partial charge on any atom is 0.295 e. The zero-order chi connectivity index (χ0) is 24.2. The predicted molar refractivity (Wildman–Crippen MR) is 133 cm³/mol. The molecule has 1 fully saturated rings. The van der Waals surface area contributed by atoms with Crippen molar-refractivity contribution in [1.82, 2.24) is 19.9 Å². The molecule has 2 aromatic heterocycles. The minimum atomic E-state index is -0.329. The lowest BCUT2D eigenvalue weighted by Crippen LogP contribution is -2.45. The average Bonchev–Trinajstić information content (AvgIpc) is 2.89. The molecule has 5 rings (SSSR count). The third-order valence-corrected chi connectivity index (χ3v) is 6.32. The Kier molecular flexibility index (Phi) is 6.52. The van der Waals surface area contributed by atoms with Gasteiger partial charge in [-0.15, -0.1) is 0 Å². The van der Waals surface area contributed by atoms with Crippen molar-refractivity contribution in [3.05, 3.63) is 100 Å². The molecular weight excluding hydrogens is 445 g/mol. The minimum Gasteiger partial charge on any atom is -0.352 e. The summed E-state index contributed by atoms with van der Waals surface area (Å²) in [5.41, 5.74) is 2.65. The quantitative estimate of drug-likeness (QED) is 0.466. The summed E-state index contributed by atoms with van der Waals surface area (Å²) in [6.45, 7) is 1.69. The van der Waals surface area contributed by atoms with Gasteiger partial charge in [0.1, 0.15) is 11.3 Å². The van der Waals surface area contributed by atoms with Gasteiger partial charge in [-0.1, -0.05) is 42.5 Å². The summed E-state index contributed by atoms with van der Waals surface area (Å²) in [5.74, 6) is -0.384. The van der Waals surface area contributed by atoms with E-state index in [1.807, 2.05) is 41.3 Å². The molecule has 0 saturated carbocycles. The first-order valence-electron chi connectivity index (χ1n) is 11.7. The summed E-state index contributed by atoms with van der Waals surface area (Å²) in [5, 5.41) is 2.91. The van der Waals surface area contributed by atoms with Crippen molar-refractivity contribution in [2.45, 2.75) is 25.9 Å². The highest BCUT2D eigenvalue weighted by Gasteiger charge is 2.28. The van der Waals surface area contributed by atoms with Crippen molar-refractivity contribution in [1.29, 1.82) is 0 Å². The smallest absolute Gasteiger partial charge is 0.295 e. The van der Waals surface area contributed by atoms with Crippen LogP contribution in [-0.4, -0.2) is 33.5 Å². The molecule has 0 spiro atoms. The Hall–Kier alpha value is -4.07. The van der Waals surface area contributed by atoms with E-state index in [2.05, 4.69) is 15.3 Å². The zero-order valence-corrected chi connectivity index (χ0v) is 19.2. The number of hydrogen-bond donors (Lipinski definition) is 1. The molecule has 178 valence electrons. The number of rotatable bonds is 6. The van der Waals surface area contributed by atoms with Gasteiger partial charge in [0.05, 0.1) is 12.5 Å². The van der Waals surface area contributed by atoms with Crippen molar-refractivity contribution < 1.29 is 9.18 Å². The SMILES string of the molecule is O=C(NCc1cccc(F)c1)[C@H]1CCCN(c2nc3cccnc3n(Cc3ccccc3)c2=O)C1. The third kappa shape index (κ3) is 5.06. The number of halogens is 1. The minimum absolute atomic E-state index is 0.106. The van der Waals surface area contributed by atoms with Gasteiger partial charge < -0.3 is 10.2 Å². The maximum atomic E-state index is 13.6. The fourth-order valence-electron chi connectivity index (χ4n) is 4.55. The Morgan fingerprint density at radius 3 is 2.71 bits per heavy atom. The van der Waals surface area contributed by atoms with Gasteiger partial charge in [0.25, 0.3) is 5.56 Å². The highest BCUT2D eigenvalue weighted by atomic mass is 19.1. The summed E-state index contributed by atoms with van der Waals surface area (Å²) in [4.78, 5) is 37.5. The molecule has 4 aromatic rings. The highest BCUT2D eigenvalue weighted by Crippen LogP contribution is 2.22. The molecule has 0 radical (unpaired) electrons. The van der Waals surface area contributed by atoms with Crippen molar-refractivity contribution in [2.24, 2.45) is 5.92 Å². The molecule has 7 nitrogen and oxygen atoms in total. The Bertz CT molecular complexity index is 1410. The second-order valence-electron chi connectivity index (χ2n) is 8.79. The fourth-order valence-corrected chi connectivity index (χ4v) is 4.55. The summed E-state index contributed by atoms with van der Waals surface area (Å²) in [6.07, 6.45) is 3.15. The number of amides is 1. The van der Waals surface area contributed by atoms with Crippen LogP contribution in [0.2, 0.25) is 0 Å². The van der Waals surface area contributed by atoms with Crippen molar-refractivity contribution in [3.8, 4) is 0 Å². The van der Waals surface area contributed by atoms with E-state index >= 15 is 0 Å². The van der Waals surface area contributed by atoms with E-state index in [0.717, 1.165) is 18.4 Å². The number of benzene rings is 2. The van der Waals surface area contributed by atoms with Crippen LogP contribution in [-0.2, 0) is 17.9 Å². The second-order valence-corrected chi connectivity index (χ2v) is 8.79. The van der Waals surface area contributed by atoms with Gasteiger partial charge in [-0.05, 0) is 48.2 Å². The van der Waals surface area contributed by atoms with Gasteiger partial charge in [-0.25, -0.2) is 14.4 Å². The molecule has 1 amide bonds. The molecule has 1 aliphatic heterocycles. The number of aromatic nitrogens is 3. The van der Waals surface area contributed by atoms with Crippen LogP contribution in [0.4, 0.5) is 10.2 Å². The Labute approximate surface area is 202 Å². The molecule has 1 saturated heterocycles. The summed E-state index contributed by atoms with van der Waals surface area (Å²) < 4.78 is 15.1. The molecule has 0 unspecified atom stereocenters. The van der Waals surface area contributed by atoms with E-state index in [1.54, 1.807) is 29.0 Å². The lowest BCUT2D eigenvalue weighted by Gasteiger charge is -2.32. The first-order chi connectivity index (χ1) is 17.1. The van der Waals surface area contributed by atoms with E-state index in [1.165, 1.54) is 12.1 Å². The number of hydrogen-bond acceptors (Lipinski definition) is 5. The van der Waals surface area contributed by atoms with Gasteiger partial charge in [0.2, 0.25) is 5.91 Å². The average molecular weight is 472 g/mol. The van der Waals surface area contributed by atoms with Gasteiger partial charge in [0.15, 0.2) is 11.5 Å². The molecule has 35 heavy (non-hydrogen) atoms. The van der Waals surface area contributed by atoms with Crippen LogP contribution in [0.3, 0.4) is 0 Å². The number of piperidine rings is 1. The standard InChI is InChI=1S/C27H26FN5O2/c28-22-11-4-9-20(15-22)16-30-26(34)21-10-6-14-32(18-21)25-27(35)33(17-19-7-2-1-3-8-19)24-23(31-25)12-5-13-29-24/h1-5,7-9,11-13,15,21H,6,10,14,16-18H2,(H,30,34)/t21-/m0/s1. The second kappa shape index (κ2) is 10.0. The Balaban J connectivity index is 1.39. The molecule has 1 N–H and O–H groups in total. The monoisotopic (exact) mass is 471 g/mol. The Morgan fingerprint density at radius 2 is 1.89 bits per heavy atom. The molecule has 8 heteroatoms. The number of carbonyl (C=O) groups is 1. The first-order valence-corrected chi connectivity index (χ1v) is 11.7. The van der Waals surface area contributed by atoms with Crippen molar-refractivity contribution >= 4 is 22.9 Å². The molecular formula is C27H26FN5O2. The zero-order valence-electron chi connectivity index (χ0n) is 19.2. The van der Waals surface area contributed by atoms with Crippen molar-refractivity contribution in [2.75, 3.05) is 18.0 Å². The van der Waals surface area contributed by atoms with Crippen LogP contribution in [0.15, 0.2) is 77.7 Å². The molecule has 1 atom stereocenters. The molecule has 1 aliphatic rings. The molecule has 3 heterocycles. The normalized spacial score (nSPS) is 15.8. The predicted octanol–water partition coefficient (Wildman–Crippen LogP) is 3.51. The first kappa shape index (κ1) is 22.7. The van der Waals surface area contributed by atoms with E-state index in [9.17, 15) is 14.0 Å². The van der Waals surface area contributed by atoms with Gasteiger partial charge in [-0.3, -0.25) is 14.2 Å². The molecule has 0 aliphatic carbocycles. The molecule has 2 aromatic carbocycles. The largest absolute Gasteiger partial charge is 0.352 e. The van der Waals surface area contributed by atoms with Gasteiger partial charge >= 0.3 is 0 Å². The van der Waals surface area contributed by atoms with Crippen LogP contribution in [0, 0.1) is 11.7 Å². The highest BCUT2D eigenvalue weighted by molar-refractivity contribution is 5.79. The number of carbonyl (C=O) groups excluding carboxylic acids is 1.